The Labute approximate surface area is 389 Å². The van der Waals surface area contributed by atoms with Crippen LogP contribution in [0.15, 0.2) is 116 Å². The number of benzene rings is 5. The zero-order chi connectivity index (χ0) is 43.2. The number of hydrogen-bond donors (Lipinski definition) is 1. The molecule has 312 valence electrons. The first-order valence-corrected chi connectivity index (χ1v) is 20.5. The van der Waals surface area contributed by atoms with E-state index in [0.29, 0.717) is 56.6 Å². The SMILES string of the molecule is C=C(C(=O)c1ccc2c(c1)OCO2)c1cc(-c2ccc(C)s2)ccc1OC.COc1cc(OC)c(-c2cc3ccccc3s2)cc1C(=O)C=Cc1cc(OC)c(O)c(OC)c1.[NaH]. The fourth-order valence-corrected chi connectivity index (χ4v) is 8.64. The third-order valence-corrected chi connectivity index (χ3v) is 12.1. The van der Waals surface area contributed by atoms with Crippen LogP contribution in [0.1, 0.15) is 36.7 Å². The molecule has 0 fully saturated rings. The van der Waals surface area contributed by atoms with Crippen molar-refractivity contribution in [3.8, 4) is 66.9 Å². The van der Waals surface area contributed by atoms with Gasteiger partial charge in [0.05, 0.1) is 41.1 Å². The molecule has 8 rings (SSSR count). The predicted octanol–water partition coefficient (Wildman–Crippen LogP) is 10.9. The first-order valence-electron chi connectivity index (χ1n) is 18.9. The van der Waals surface area contributed by atoms with Crippen LogP contribution in [0.4, 0.5) is 0 Å². The molecule has 0 saturated carbocycles. The Balaban J connectivity index is 0.000000209. The van der Waals surface area contributed by atoms with Crippen molar-refractivity contribution in [2.24, 2.45) is 0 Å². The predicted molar refractivity (Wildman–Crippen MR) is 249 cm³/mol. The van der Waals surface area contributed by atoms with Crippen molar-refractivity contribution in [2.75, 3.05) is 42.3 Å². The number of carbonyl (C=O) groups is 2. The van der Waals surface area contributed by atoms with Crippen LogP contribution in [0, 0.1) is 6.92 Å². The molecule has 0 spiro atoms. The Morgan fingerprint density at radius 2 is 1.37 bits per heavy atom. The second-order valence-corrected chi connectivity index (χ2v) is 15.9. The van der Waals surface area contributed by atoms with Gasteiger partial charge in [-0.2, -0.15) is 0 Å². The Morgan fingerprint density at radius 1 is 0.677 bits per heavy atom. The molecular formula is C49H43NaO10S2. The van der Waals surface area contributed by atoms with Crippen molar-refractivity contribution in [2.45, 2.75) is 6.92 Å². The van der Waals surface area contributed by atoms with Crippen molar-refractivity contribution in [3.63, 3.8) is 0 Å². The first-order chi connectivity index (χ1) is 29.5. The summed E-state index contributed by atoms with van der Waals surface area (Å²) >= 11 is 3.34. The molecule has 1 aliphatic rings. The van der Waals surface area contributed by atoms with Crippen LogP contribution in [0.3, 0.4) is 0 Å². The van der Waals surface area contributed by atoms with Gasteiger partial charge in [-0.15, -0.1) is 22.7 Å². The van der Waals surface area contributed by atoms with Gasteiger partial charge in [-0.1, -0.05) is 30.9 Å². The van der Waals surface area contributed by atoms with E-state index in [9.17, 15) is 14.7 Å². The Bertz CT molecular complexity index is 2760. The molecule has 1 N–H and O–H groups in total. The summed E-state index contributed by atoms with van der Waals surface area (Å²) in [6.45, 7) is 6.29. The first kappa shape index (κ1) is 45.5. The van der Waals surface area contributed by atoms with Crippen LogP contribution in [-0.2, 0) is 0 Å². The van der Waals surface area contributed by atoms with Gasteiger partial charge in [-0.05, 0) is 108 Å². The minimum atomic E-state index is -0.243. The summed E-state index contributed by atoms with van der Waals surface area (Å²) in [5, 5.41) is 11.2. The summed E-state index contributed by atoms with van der Waals surface area (Å²) < 4.78 is 38.8. The van der Waals surface area contributed by atoms with Crippen molar-refractivity contribution in [1.82, 2.24) is 0 Å². The van der Waals surface area contributed by atoms with Crippen LogP contribution >= 0.6 is 22.7 Å². The molecule has 62 heavy (non-hydrogen) atoms. The maximum atomic E-state index is 13.2. The van der Waals surface area contributed by atoms with Crippen LogP contribution in [0.2, 0.25) is 0 Å². The molecule has 0 aliphatic carbocycles. The molecule has 0 amide bonds. The number of rotatable bonds is 13. The van der Waals surface area contributed by atoms with Crippen molar-refractivity contribution in [3.05, 3.63) is 143 Å². The summed E-state index contributed by atoms with van der Waals surface area (Å²) in [5.74, 6) is 2.85. The number of Topliss-reactive ketones (excluding diaryl/α,β-unsaturated/α-hetero) is 1. The van der Waals surface area contributed by atoms with Gasteiger partial charge in [-0.25, -0.2) is 0 Å². The number of ketones is 2. The molecular weight excluding hydrogens is 836 g/mol. The number of ether oxygens (including phenoxy) is 7. The van der Waals surface area contributed by atoms with Gasteiger partial charge in [0, 0.05) is 47.7 Å². The van der Waals surface area contributed by atoms with Crippen LogP contribution in [0.25, 0.3) is 42.6 Å². The second-order valence-electron chi connectivity index (χ2n) is 13.6. The number of aromatic hydroxyl groups is 1. The molecule has 10 nitrogen and oxygen atoms in total. The molecule has 7 aromatic rings. The third-order valence-electron chi connectivity index (χ3n) is 9.87. The number of methoxy groups -OCH3 is 5. The molecule has 5 aromatic carbocycles. The average molecular weight is 879 g/mol. The maximum absolute atomic E-state index is 13.2. The van der Waals surface area contributed by atoms with Crippen molar-refractivity contribution >= 4 is 85.5 Å². The van der Waals surface area contributed by atoms with E-state index in [-0.39, 0.29) is 65.2 Å². The summed E-state index contributed by atoms with van der Waals surface area (Å²) in [6, 6.07) is 32.1. The summed E-state index contributed by atoms with van der Waals surface area (Å²) in [7, 11) is 7.60. The number of phenolic OH excluding ortho intramolecular Hbond substituents is 1. The number of allylic oxidation sites excluding steroid dienone is 2. The zero-order valence-corrected chi connectivity index (χ0v) is 36.0. The number of aryl methyl sites for hydroxylation is 1. The fourth-order valence-electron chi connectivity index (χ4n) is 6.69. The second kappa shape index (κ2) is 20.2. The standard InChI is InChI=1S/C27H24O6S.C22H18O4S.Na.H/c1-30-21-15-22(31-2)19(26-13-17-7-5-6-8-25(17)34-26)14-18(21)20(28)10-9-16-11-23(32-3)27(29)24(12-16)33-4;1-13-4-9-21(27-13)15-5-7-18(24-3)17(10-15)14(2)22(23)16-6-8-19-20(11-16)26-12-25-19;;/h5-15,29H,1-4H3;4-11H,2,12H2,1,3H3;;. The molecule has 2 aromatic heterocycles. The number of carbonyl (C=O) groups excluding carboxylic acids is 2. The molecule has 3 heterocycles. The van der Waals surface area contributed by atoms with Gasteiger partial charge in [0.15, 0.2) is 34.6 Å². The summed E-state index contributed by atoms with van der Waals surface area (Å²) in [5.41, 5.74) is 4.45. The van der Waals surface area contributed by atoms with E-state index in [1.807, 2.05) is 30.3 Å². The van der Waals surface area contributed by atoms with Crippen molar-refractivity contribution in [1.29, 1.82) is 0 Å². The number of thiophene rings is 2. The molecule has 0 saturated heterocycles. The summed E-state index contributed by atoms with van der Waals surface area (Å²) in [4.78, 5) is 29.6. The van der Waals surface area contributed by atoms with Crippen LogP contribution < -0.4 is 33.2 Å². The van der Waals surface area contributed by atoms with Gasteiger partial charge in [0.25, 0.3) is 0 Å². The van der Waals surface area contributed by atoms with Gasteiger partial charge in [-0.3, -0.25) is 9.59 Å². The minimum absolute atomic E-state index is 0. The Kier molecular flexibility index (Phi) is 14.9. The van der Waals surface area contributed by atoms with Gasteiger partial charge in [0.2, 0.25) is 12.5 Å². The molecule has 0 unspecified atom stereocenters. The normalized spacial score (nSPS) is 11.3. The van der Waals surface area contributed by atoms with E-state index >= 15 is 0 Å². The van der Waals surface area contributed by atoms with Gasteiger partial charge in [0.1, 0.15) is 17.2 Å². The monoisotopic (exact) mass is 878 g/mol. The van der Waals surface area contributed by atoms with Crippen LogP contribution in [-0.4, -0.2) is 88.6 Å². The Morgan fingerprint density at radius 3 is 2.03 bits per heavy atom. The van der Waals surface area contributed by atoms with Gasteiger partial charge >= 0.3 is 29.6 Å². The zero-order valence-electron chi connectivity index (χ0n) is 34.3. The number of fused-ring (bicyclic) bond motifs is 2. The fraction of sp³-hybridized carbons (Fsp3) is 0.143. The molecule has 0 atom stereocenters. The third kappa shape index (κ3) is 9.70. The molecule has 0 bridgehead atoms. The number of phenols is 1. The quantitative estimate of drug-likeness (QED) is 0.0681. The molecule has 13 heteroatoms. The van der Waals surface area contributed by atoms with Crippen LogP contribution in [0.5, 0.6) is 46.0 Å². The molecule has 1 aliphatic heterocycles. The van der Waals surface area contributed by atoms with E-state index in [4.69, 9.17) is 33.2 Å². The van der Waals surface area contributed by atoms with E-state index in [2.05, 4.69) is 43.8 Å². The van der Waals surface area contributed by atoms with Gasteiger partial charge < -0.3 is 38.3 Å². The van der Waals surface area contributed by atoms with E-state index in [1.165, 1.54) is 32.3 Å². The average Bonchev–Trinajstić information content (AvgIpc) is 4.07. The molecule has 0 radical (unpaired) electrons. The topological polar surface area (TPSA) is 119 Å². The van der Waals surface area contributed by atoms with E-state index in [1.54, 1.807) is 85.4 Å². The summed E-state index contributed by atoms with van der Waals surface area (Å²) in [6.07, 6.45) is 3.08. The van der Waals surface area contributed by atoms with E-state index < -0.39 is 0 Å². The number of hydrogen-bond acceptors (Lipinski definition) is 12. The Hall–Kier alpha value is -6.02. The van der Waals surface area contributed by atoms with Crippen molar-refractivity contribution < 1.29 is 47.9 Å². The van der Waals surface area contributed by atoms with E-state index in [0.717, 1.165) is 31.0 Å².